The van der Waals surface area contributed by atoms with Crippen molar-refractivity contribution >= 4 is 6.03 Å². The Bertz CT molecular complexity index is 273. The van der Waals surface area contributed by atoms with E-state index in [1.54, 1.807) is 4.90 Å². The Hall–Kier alpha value is -0.850. The molecule has 6 nitrogen and oxygen atoms in total. The van der Waals surface area contributed by atoms with Gasteiger partial charge in [0.25, 0.3) is 0 Å². The lowest BCUT2D eigenvalue weighted by atomic mass is 9.81. The summed E-state index contributed by atoms with van der Waals surface area (Å²) in [6, 6.07) is -0.0578. The van der Waals surface area contributed by atoms with Gasteiger partial charge in [-0.15, -0.1) is 0 Å². The van der Waals surface area contributed by atoms with Crippen LogP contribution in [-0.4, -0.2) is 68.7 Å². The highest BCUT2D eigenvalue weighted by Crippen LogP contribution is 2.28. The molecule has 2 heterocycles. The van der Waals surface area contributed by atoms with Gasteiger partial charge in [-0.1, -0.05) is 0 Å². The third kappa shape index (κ3) is 3.34. The van der Waals surface area contributed by atoms with Crippen LogP contribution in [0.2, 0.25) is 0 Å². The number of nitrogens with zero attached hydrogens (tertiary/aromatic N) is 1. The minimum absolute atomic E-state index is 0.0578. The van der Waals surface area contributed by atoms with E-state index in [9.17, 15) is 9.90 Å². The van der Waals surface area contributed by atoms with Gasteiger partial charge in [0.05, 0.1) is 19.8 Å². The van der Waals surface area contributed by atoms with Crippen molar-refractivity contribution in [3.8, 4) is 0 Å². The Morgan fingerprint density at radius 2 is 1.78 bits per heavy atom. The van der Waals surface area contributed by atoms with Crippen LogP contribution in [0.15, 0.2) is 0 Å². The van der Waals surface area contributed by atoms with E-state index in [0.29, 0.717) is 46.1 Å². The van der Waals surface area contributed by atoms with Gasteiger partial charge in [-0.3, -0.25) is 0 Å². The molecule has 0 aromatic carbocycles. The van der Waals surface area contributed by atoms with Gasteiger partial charge in [-0.05, 0) is 12.8 Å². The van der Waals surface area contributed by atoms with Crippen LogP contribution in [0.25, 0.3) is 0 Å². The highest BCUT2D eigenvalue weighted by atomic mass is 16.5. The molecule has 6 heteroatoms. The van der Waals surface area contributed by atoms with Crippen molar-refractivity contribution in [3.63, 3.8) is 0 Å². The van der Waals surface area contributed by atoms with Crippen LogP contribution >= 0.6 is 0 Å². The molecule has 0 radical (unpaired) electrons. The number of amides is 2. The van der Waals surface area contributed by atoms with Crippen LogP contribution in [0.4, 0.5) is 4.79 Å². The fraction of sp³-hybridized carbons (Fsp3) is 0.917. The summed E-state index contributed by atoms with van der Waals surface area (Å²) in [7, 11) is 0. The Balaban J connectivity index is 1.79. The molecule has 0 saturated carbocycles. The summed E-state index contributed by atoms with van der Waals surface area (Å²) in [6.45, 7) is 4.42. The van der Waals surface area contributed by atoms with Crippen molar-refractivity contribution in [1.29, 1.82) is 0 Å². The molecule has 0 aromatic heterocycles. The lowest BCUT2D eigenvalue weighted by molar-refractivity contribution is -0.0150. The highest BCUT2D eigenvalue weighted by molar-refractivity contribution is 5.74. The van der Waals surface area contributed by atoms with E-state index in [-0.39, 0.29) is 18.1 Å². The van der Waals surface area contributed by atoms with Gasteiger partial charge in [0.2, 0.25) is 0 Å². The minimum Gasteiger partial charge on any atom is -0.396 e. The summed E-state index contributed by atoms with van der Waals surface area (Å²) in [5.74, 6) is 0. The fourth-order valence-corrected chi connectivity index (χ4v) is 2.34. The molecule has 2 rings (SSSR count). The van der Waals surface area contributed by atoms with Crippen molar-refractivity contribution in [3.05, 3.63) is 0 Å². The van der Waals surface area contributed by atoms with E-state index >= 15 is 0 Å². The number of nitrogens with one attached hydrogen (secondary N) is 1. The first-order chi connectivity index (χ1) is 8.76. The zero-order valence-corrected chi connectivity index (χ0v) is 10.7. The van der Waals surface area contributed by atoms with E-state index in [1.165, 1.54) is 0 Å². The topological polar surface area (TPSA) is 71.0 Å². The number of aliphatic hydroxyl groups is 1. The first kappa shape index (κ1) is 13.6. The van der Waals surface area contributed by atoms with Crippen LogP contribution in [0.3, 0.4) is 0 Å². The first-order valence-electron chi connectivity index (χ1n) is 6.55. The number of aliphatic hydroxyl groups excluding tert-OH is 1. The second kappa shape index (κ2) is 6.36. The molecular weight excluding hydrogens is 236 g/mol. The molecule has 18 heavy (non-hydrogen) atoms. The van der Waals surface area contributed by atoms with Crippen molar-refractivity contribution in [2.45, 2.75) is 12.8 Å². The highest BCUT2D eigenvalue weighted by Gasteiger charge is 2.32. The third-order valence-electron chi connectivity index (χ3n) is 3.80. The third-order valence-corrected chi connectivity index (χ3v) is 3.80. The van der Waals surface area contributed by atoms with Gasteiger partial charge >= 0.3 is 6.03 Å². The Kier molecular flexibility index (Phi) is 4.79. The molecule has 0 unspecified atom stereocenters. The van der Waals surface area contributed by atoms with Gasteiger partial charge in [-0.2, -0.15) is 0 Å². The molecular formula is C12H22N2O4. The molecule has 0 bridgehead atoms. The van der Waals surface area contributed by atoms with E-state index < -0.39 is 0 Å². The maximum absolute atomic E-state index is 11.9. The van der Waals surface area contributed by atoms with Crippen molar-refractivity contribution < 1.29 is 19.4 Å². The molecule has 2 saturated heterocycles. The Morgan fingerprint density at radius 1 is 1.17 bits per heavy atom. The smallest absolute Gasteiger partial charge is 0.317 e. The maximum Gasteiger partial charge on any atom is 0.317 e. The van der Waals surface area contributed by atoms with E-state index in [1.807, 2.05) is 0 Å². The van der Waals surface area contributed by atoms with Gasteiger partial charge in [-0.25, -0.2) is 4.79 Å². The quantitative estimate of drug-likeness (QED) is 0.736. The lowest BCUT2D eigenvalue weighted by Crippen LogP contribution is -2.50. The second-order valence-corrected chi connectivity index (χ2v) is 5.03. The minimum atomic E-state index is -0.208. The summed E-state index contributed by atoms with van der Waals surface area (Å²) < 4.78 is 10.5. The molecule has 0 aromatic rings. The predicted octanol–water partition coefficient (Wildman–Crippen LogP) is -0.183. The SMILES string of the molecule is O=C(NCC1(CO)CCOCC1)N1CCOCC1. The summed E-state index contributed by atoms with van der Waals surface area (Å²) in [5, 5.41) is 12.5. The first-order valence-corrected chi connectivity index (χ1v) is 6.55. The molecule has 104 valence electrons. The van der Waals surface area contributed by atoms with Gasteiger partial charge in [0.1, 0.15) is 0 Å². The molecule has 0 spiro atoms. The maximum atomic E-state index is 11.9. The van der Waals surface area contributed by atoms with Crippen LogP contribution in [0, 0.1) is 5.41 Å². The average Bonchev–Trinajstić information content (AvgIpc) is 2.47. The number of urea groups is 1. The Labute approximate surface area is 107 Å². The molecule has 2 amide bonds. The van der Waals surface area contributed by atoms with E-state index in [0.717, 1.165) is 12.8 Å². The number of ether oxygens (including phenoxy) is 2. The number of hydrogen-bond acceptors (Lipinski definition) is 4. The molecule has 0 atom stereocenters. The van der Waals surface area contributed by atoms with Crippen LogP contribution < -0.4 is 5.32 Å². The van der Waals surface area contributed by atoms with E-state index in [4.69, 9.17) is 9.47 Å². The molecule has 2 fully saturated rings. The van der Waals surface area contributed by atoms with Crippen molar-refractivity contribution in [2.24, 2.45) is 5.41 Å². The zero-order chi connectivity index (χ0) is 12.8. The van der Waals surface area contributed by atoms with Crippen LogP contribution in [0.1, 0.15) is 12.8 Å². The molecule has 2 aliphatic rings. The van der Waals surface area contributed by atoms with Gasteiger partial charge < -0.3 is 24.8 Å². The summed E-state index contributed by atoms with van der Waals surface area (Å²) >= 11 is 0. The number of carbonyl (C=O) groups excluding carboxylic acids is 1. The number of rotatable bonds is 3. The summed E-state index contributed by atoms with van der Waals surface area (Å²) in [5.41, 5.74) is -0.208. The number of hydrogen-bond donors (Lipinski definition) is 2. The fourth-order valence-electron chi connectivity index (χ4n) is 2.34. The zero-order valence-electron chi connectivity index (χ0n) is 10.7. The largest absolute Gasteiger partial charge is 0.396 e. The predicted molar refractivity (Wildman–Crippen MR) is 65.4 cm³/mol. The molecule has 0 aliphatic carbocycles. The summed E-state index contributed by atoms with van der Waals surface area (Å²) in [6.07, 6.45) is 1.60. The molecule has 2 N–H and O–H groups in total. The number of morpholine rings is 1. The standard InChI is InChI=1S/C12H22N2O4/c15-10-12(1-5-17-6-2-12)9-13-11(16)14-3-7-18-8-4-14/h15H,1-10H2,(H,13,16). The number of carbonyl (C=O) groups is 1. The molecule has 2 aliphatic heterocycles. The van der Waals surface area contributed by atoms with Gasteiger partial charge in [0.15, 0.2) is 0 Å². The lowest BCUT2D eigenvalue weighted by Gasteiger charge is -2.36. The van der Waals surface area contributed by atoms with Crippen LogP contribution in [-0.2, 0) is 9.47 Å². The Morgan fingerprint density at radius 3 is 2.39 bits per heavy atom. The monoisotopic (exact) mass is 258 g/mol. The summed E-state index contributed by atoms with van der Waals surface area (Å²) in [4.78, 5) is 13.7. The van der Waals surface area contributed by atoms with Gasteiger partial charge in [0, 0.05) is 38.3 Å². The van der Waals surface area contributed by atoms with Crippen molar-refractivity contribution in [1.82, 2.24) is 10.2 Å². The van der Waals surface area contributed by atoms with Crippen molar-refractivity contribution in [2.75, 3.05) is 52.7 Å². The van der Waals surface area contributed by atoms with Crippen LogP contribution in [0.5, 0.6) is 0 Å². The average molecular weight is 258 g/mol. The van der Waals surface area contributed by atoms with E-state index in [2.05, 4.69) is 5.32 Å². The second-order valence-electron chi connectivity index (χ2n) is 5.03. The normalized spacial score (nSPS) is 23.7.